The van der Waals surface area contributed by atoms with Gasteiger partial charge in [0.05, 0.1) is 30.1 Å². The van der Waals surface area contributed by atoms with E-state index in [0.29, 0.717) is 16.1 Å². The van der Waals surface area contributed by atoms with E-state index in [4.69, 9.17) is 16.3 Å². The highest BCUT2D eigenvalue weighted by Crippen LogP contribution is 2.30. The van der Waals surface area contributed by atoms with Crippen molar-refractivity contribution in [3.05, 3.63) is 86.6 Å². The molecule has 0 radical (unpaired) electrons. The number of halogens is 1. The first-order chi connectivity index (χ1) is 13.3. The van der Waals surface area contributed by atoms with Gasteiger partial charge in [-0.1, -0.05) is 23.7 Å². The summed E-state index contributed by atoms with van der Waals surface area (Å²) in [5.74, 6) is -0.409. The summed E-state index contributed by atoms with van der Waals surface area (Å²) >= 11 is 6.06. The van der Waals surface area contributed by atoms with Gasteiger partial charge in [0.15, 0.2) is 0 Å². The van der Waals surface area contributed by atoms with Crippen molar-refractivity contribution in [2.24, 2.45) is 14.1 Å². The molecule has 0 fully saturated rings. The average molecular weight is 400 g/mol. The van der Waals surface area contributed by atoms with E-state index in [9.17, 15) is 9.59 Å². The minimum Gasteiger partial charge on any atom is -0.465 e. The summed E-state index contributed by atoms with van der Waals surface area (Å²) in [6, 6.07) is 10.6. The Kier molecular flexibility index (Phi) is 5.61. The molecule has 0 saturated heterocycles. The van der Waals surface area contributed by atoms with E-state index in [-0.39, 0.29) is 11.6 Å². The monoisotopic (exact) mass is 399 g/mol. The molecular weight excluding hydrogens is 378 g/mol. The van der Waals surface area contributed by atoms with Crippen molar-refractivity contribution < 1.29 is 9.53 Å². The molecule has 0 amide bonds. The number of anilines is 1. The second-order valence-corrected chi connectivity index (χ2v) is 7.11. The standard InChI is InChI=1S/C21H22ClN3O3/c1-13-11-16(12-25(3)20(13)26)23-18(14-5-7-15(22)8-6-14)19-17(21(27)28-4)9-10-24(19)2/h5-12,18,23H,1-4H3. The lowest BCUT2D eigenvalue weighted by molar-refractivity contribution is 0.0599. The van der Waals surface area contributed by atoms with Crippen LogP contribution in [0.3, 0.4) is 0 Å². The number of hydrogen-bond acceptors (Lipinski definition) is 4. The summed E-state index contributed by atoms with van der Waals surface area (Å²) in [5, 5.41) is 4.08. The molecule has 0 aliphatic carbocycles. The largest absolute Gasteiger partial charge is 0.465 e. The number of benzene rings is 1. The predicted molar refractivity (Wildman–Crippen MR) is 110 cm³/mol. The molecule has 3 aromatic rings. The van der Waals surface area contributed by atoms with Crippen molar-refractivity contribution >= 4 is 23.3 Å². The van der Waals surface area contributed by atoms with Crippen LogP contribution in [0.1, 0.15) is 33.2 Å². The fourth-order valence-corrected chi connectivity index (χ4v) is 3.40. The number of aromatic nitrogens is 2. The van der Waals surface area contributed by atoms with E-state index in [1.165, 1.54) is 11.7 Å². The Morgan fingerprint density at radius 3 is 2.43 bits per heavy atom. The van der Waals surface area contributed by atoms with Crippen LogP contribution >= 0.6 is 11.6 Å². The van der Waals surface area contributed by atoms with E-state index in [1.54, 1.807) is 44.4 Å². The Balaban J connectivity index is 2.14. The molecule has 0 bridgehead atoms. The van der Waals surface area contributed by atoms with Crippen LogP contribution in [0.5, 0.6) is 0 Å². The zero-order valence-corrected chi connectivity index (χ0v) is 16.9. The first-order valence-electron chi connectivity index (χ1n) is 8.74. The van der Waals surface area contributed by atoms with Crippen LogP contribution in [0, 0.1) is 6.92 Å². The minimum atomic E-state index is -0.409. The fraction of sp³-hybridized carbons (Fsp3) is 0.238. The van der Waals surface area contributed by atoms with Crippen LogP contribution in [0.15, 0.2) is 53.6 Å². The third-order valence-corrected chi connectivity index (χ3v) is 4.93. The number of nitrogens with zero attached hydrogens (tertiary/aromatic N) is 2. The van der Waals surface area contributed by atoms with Gasteiger partial charge in [0.25, 0.3) is 5.56 Å². The molecule has 1 atom stereocenters. The first kappa shape index (κ1) is 19.8. The van der Waals surface area contributed by atoms with Gasteiger partial charge in [-0.15, -0.1) is 0 Å². The second kappa shape index (κ2) is 7.94. The van der Waals surface area contributed by atoms with Crippen LogP contribution in [0.25, 0.3) is 0 Å². The quantitative estimate of drug-likeness (QED) is 0.665. The number of ether oxygens (including phenoxy) is 1. The van der Waals surface area contributed by atoms with E-state index < -0.39 is 5.97 Å². The highest BCUT2D eigenvalue weighted by molar-refractivity contribution is 6.30. The van der Waals surface area contributed by atoms with Gasteiger partial charge in [-0.3, -0.25) is 4.79 Å². The zero-order valence-electron chi connectivity index (χ0n) is 16.2. The predicted octanol–water partition coefficient (Wildman–Crippen LogP) is 3.67. The Hall–Kier alpha value is -2.99. The molecule has 0 spiro atoms. The lowest BCUT2D eigenvalue weighted by atomic mass is 10.00. The molecule has 3 rings (SSSR count). The third kappa shape index (κ3) is 3.82. The van der Waals surface area contributed by atoms with Crippen molar-refractivity contribution in [3.8, 4) is 0 Å². The smallest absolute Gasteiger partial charge is 0.339 e. The number of esters is 1. The number of rotatable bonds is 5. The third-order valence-electron chi connectivity index (χ3n) is 4.68. The molecule has 1 aromatic carbocycles. The minimum absolute atomic E-state index is 0.0530. The van der Waals surface area contributed by atoms with E-state index >= 15 is 0 Å². The molecule has 146 valence electrons. The van der Waals surface area contributed by atoms with E-state index in [2.05, 4.69) is 5.32 Å². The Morgan fingerprint density at radius 1 is 1.14 bits per heavy atom. The Morgan fingerprint density at radius 2 is 1.82 bits per heavy atom. The van der Waals surface area contributed by atoms with Gasteiger partial charge in [-0.05, 0) is 36.8 Å². The summed E-state index contributed by atoms with van der Waals surface area (Å²) in [4.78, 5) is 24.3. The molecule has 6 nitrogen and oxygen atoms in total. The van der Waals surface area contributed by atoms with Crippen molar-refractivity contribution in [2.45, 2.75) is 13.0 Å². The lowest BCUT2D eigenvalue weighted by Crippen LogP contribution is -2.22. The molecule has 0 saturated carbocycles. The summed E-state index contributed by atoms with van der Waals surface area (Å²) < 4.78 is 8.37. The molecule has 1 unspecified atom stereocenters. The van der Waals surface area contributed by atoms with Crippen molar-refractivity contribution in [1.82, 2.24) is 9.13 Å². The van der Waals surface area contributed by atoms with E-state index in [0.717, 1.165) is 16.9 Å². The van der Waals surface area contributed by atoms with Gasteiger partial charge in [0.1, 0.15) is 0 Å². The first-order valence-corrected chi connectivity index (χ1v) is 9.12. The maximum Gasteiger partial charge on any atom is 0.339 e. The summed E-state index contributed by atoms with van der Waals surface area (Å²) in [6.07, 6.45) is 3.55. The van der Waals surface area contributed by atoms with Gasteiger partial charge >= 0.3 is 5.97 Å². The van der Waals surface area contributed by atoms with Crippen molar-refractivity contribution in [1.29, 1.82) is 0 Å². The number of nitrogens with one attached hydrogen (secondary N) is 1. The highest BCUT2D eigenvalue weighted by atomic mass is 35.5. The highest BCUT2D eigenvalue weighted by Gasteiger charge is 2.25. The summed E-state index contributed by atoms with van der Waals surface area (Å²) in [6.45, 7) is 1.77. The molecule has 7 heteroatoms. The zero-order chi connectivity index (χ0) is 20.4. The molecule has 1 N–H and O–H groups in total. The second-order valence-electron chi connectivity index (χ2n) is 6.67. The number of carbonyl (C=O) groups excluding carboxylic acids is 1. The SMILES string of the molecule is COC(=O)c1ccn(C)c1C(Nc1cc(C)c(=O)n(C)c1)c1ccc(Cl)cc1. The Bertz CT molecular complexity index is 1040. The average Bonchev–Trinajstić information content (AvgIpc) is 3.05. The number of carbonyl (C=O) groups is 1. The van der Waals surface area contributed by atoms with E-state index in [1.807, 2.05) is 29.9 Å². The molecule has 28 heavy (non-hydrogen) atoms. The lowest BCUT2D eigenvalue weighted by Gasteiger charge is -2.23. The normalized spacial score (nSPS) is 11.9. The number of pyridine rings is 1. The Labute approximate surface area is 168 Å². The molecule has 2 heterocycles. The van der Waals surface area contributed by atoms with Crippen molar-refractivity contribution in [3.63, 3.8) is 0 Å². The molecule has 2 aromatic heterocycles. The van der Waals surface area contributed by atoms with Crippen LogP contribution < -0.4 is 10.9 Å². The van der Waals surface area contributed by atoms with Crippen LogP contribution in [0.4, 0.5) is 5.69 Å². The van der Waals surface area contributed by atoms with Crippen LogP contribution in [0.2, 0.25) is 5.02 Å². The topological polar surface area (TPSA) is 65.3 Å². The van der Waals surface area contributed by atoms with Gasteiger partial charge < -0.3 is 19.2 Å². The van der Waals surface area contributed by atoms with Gasteiger partial charge in [-0.25, -0.2) is 4.79 Å². The van der Waals surface area contributed by atoms with Crippen molar-refractivity contribution in [2.75, 3.05) is 12.4 Å². The van der Waals surface area contributed by atoms with Gasteiger partial charge in [0.2, 0.25) is 0 Å². The number of methoxy groups -OCH3 is 1. The molecule has 0 aliphatic heterocycles. The van der Waals surface area contributed by atoms with Gasteiger partial charge in [0, 0.05) is 37.1 Å². The molecular formula is C21H22ClN3O3. The molecule has 0 aliphatic rings. The number of aryl methyl sites for hydroxylation is 3. The number of hydrogen-bond donors (Lipinski definition) is 1. The maximum atomic E-state index is 12.3. The summed E-state index contributed by atoms with van der Waals surface area (Å²) in [7, 11) is 4.94. The summed E-state index contributed by atoms with van der Waals surface area (Å²) in [5.41, 5.74) is 3.48. The van der Waals surface area contributed by atoms with Crippen LogP contribution in [-0.2, 0) is 18.8 Å². The van der Waals surface area contributed by atoms with Gasteiger partial charge in [-0.2, -0.15) is 0 Å². The van der Waals surface area contributed by atoms with Crippen LogP contribution in [-0.4, -0.2) is 22.2 Å². The maximum absolute atomic E-state index is 12.3. The fourth-order valence-electron chi connectivity index (χ4n) is 3.27.